The maximum absolute atomic E-state index is 13.7. The Labute approximate surface area is 133 Å². The van der Waals surface area contributed by atoms with Crippen molar-refractivity contribution < 1.29 is 23.8 Å². The van der Waals surface area contributed by atoms with Crippen molar-refractivity contribution >= 4 is 17.5 Å². The van der Waals surface area contributed by atoms with Crippen LogP contribution in [0.15, 0.2) is 18.2 Å². The number of aliphatic hydroxyl groups is 1. The van der Waals surface area contributed by atoms with E-state index in [-0.39, 0.29) is 42.7 Å². The summed E-state index contributed by atoms with van der Waals surface area (Å²) >= 11 is 5.90. The minimum atomic E-state index is -0.628. The van der Waals surface area contributed by atoms with Gasteiger partial charge in [-0.05, 0) is 12.1 Å². The normalized spacial score (nSPS) is 21.0. The van der Waals surface area contributed by atoms with Crippen LogP contribution in [0.1, 0.15) is 12.0 Å². The first-order chi connectivity index (χ1) is 10.6. The first kappa shape index (κ1) is 17.1. The van der Waals surface area contributed by atoms with Gasteiger partial charge in [-0.3, -0.25) is 4.79 Å². The van der Waals surface area contributed by atoms with E-state index in [0.717, 1.165) is 0 Å². The average molecular weight is 332 g/mol. The third-order valence-corrected chi connectivity index (χ3v) is 3.93. The number of benzene rings is 1. The van der Waals surface area contributed by atoms with Gasteiger partial charge in [0.05, 0.1) is 26.2 Å². The molecule has 1 aromatic carbocycles. The van der Waals surface area contributed by atoms with Crippen LogP contribution in [0.3, 0.4) is 0 Å². The predicted octanol–water partition coefficient (Wildman–Crippen LogP) is 1.31. The first-order valence-corrected chi connectivity index (χ1v) is 7.46. The van der Waals surface area contributed by atoms with Crippen molar-refractivity contribution in [3.05, 3.63) is 34.6 Å². The molecular weight excluding hydrogens is 313 g/mol. The Bertz CT molecular complexity index is 500. The molecule has 7 heteroatoms. The number of aliphatic hydroxyl groups excluding tert-OH is 1. The van der Waals surface area contributed by atoms with Gasteiger partial charge in [0.2, 0.25) is 5.91 Å². The molecule has 2 rings (SSSR count). The molecule has 122 valence electrons. The smallest absolute Gasteiger partial charge is 0.224 e. The largest absolute Gasteiger partial charge is 0.394 e. The van der Waals surface area contributed by atoms with Crippen molar-refractivity contribution in [1.82, 2.24) is 5.32 Å². The number of hydrogen-bond acceptors (Lipinski definition) is 4. The third-order valence-electron chi connectivity index (χ3n) is 3.57. The van der Waals surface area contributed by atoms with Gasteiger partial charge in [-0.2, -0.15) is 0 Å². The fourth-order valence-corrected chi connectivity index (χ4v) is 2.57. The number of carbonyl (C=O) groups excluding carboxylic acids is 1. The molecule has 0 spiro atoms. The molecule has 1 heterocycles. The molecule has 0 saturated carbocycles. The second kappa shape index (κ2) is 7.87. The lowest BCUT2D eigenvalue weighted by atomic mass is 10.0. The lowest BCUT2D eigenvalue weighted by Gasteiger charge is -2.27. The minimum Gasteiger partial charge on any atom is -0.394 e. The van der Waals surface area contributed by atoms with Crippen LogP contribution in [0, 0.1) is 5.82 Å². The van der Waals surface area contributed by atoms with Crippen LogP contribution >= 0.6 is 11.6 Å². The highest BCUT2D eigenvalue weighted by Crippen LogP contribution is 2.23. The quantitative estimate of drug-likeness (QED) is 0.790. The van der Waals surface area contributed by atoms with Crippen molar-refractivity contribution in [3.63, 3.8) is 0 Å². The van der Waals surface area contributed by atoms with Crippen LogP contribution < -0.4 is 5.32 Å². The SMILES string of the molecule is O=C(Cc1c(F)cccc1Cl)NCC1(OCCO)CCOC1. The molecule has 0 aromatic heterocycles. The highest BCUT2D eigenvalue weighted by Gasteiger charge is 2.36. The molecule has 5 nitrogen and oxygen atoms in total. The molecule has 1 saturated heterocycles. The molecular formula is C15H19ClFNO4. The van der Waals surface area contributed by atoms with Crippen molar-refractivity contribution in [1.29, 1.82) is 0 Å². The van der Waals surface area contributed by atoms with Gasteiger partial charge >= 0.3 is 0 Å². The lowest BCUT2D eigenvalue weighted by molar-refractivity contribution is -0.123. The molecule has 1 aromatic rings. The van der Waals surface area contributed by atoms with E-state index in [2.05, 4.69) is 5.32 Å². The van der Waals surface area contributed by atoms with Gasteiger partial charge in [0.15, 0.2) is 0 Å². The molecule has 1 unspecified atom stereocenters. The molecule has 0 radical (unpaired) electrons. The molecule has 2 N–H and O–H groups in total. The van der Waals surface area contributed by atoms with Crippen molar-refractivity contribution in [2.24, 2.45) is 0 Å². The van der Waals surface area contributed by atoms with E-state index in [1.807, 2.05) is 0 Å². The molecule has 0 bridgehead atoms. The van der Waals surface area contributed by atoms with E-state index in [0.29, 0.717) is 19.6 Å². The minimum absolute atomic E-state index is 0.0967. The Balaban J connectivity index is 1.91. The Kier molecular flexibility index (Phi) is 6.14. The molecule has 1 aliphatic rings. The fourth-order valence-electron chi connectivity index (χ4n) is 2.34. The summed E-state index contributed by atoms with van der Waals surface area (Å²) in [5.41, 5.74) is -0.452. The van der Waals surface area contributed by atoms with Crippen LogP contribution in [0.5, 0.6) is 0 Å². The van der Waals surface area contributed by atoms with Gasteiger partial charge in [-0.1, -0.05) is 17.7 Å². The van der Waals surface area contributed by atoms with Crippen LogP contribution in [0.4, 0.5) is 4.39 Å². The van der Waals surface area contributed by atoms with E-state index < -0.39 is 11.4 Å². The molecule has 1 fully saturated rings. The predicted molar refractivity (Wildman–Crippen MR) is 79.3 cm³/mol. The highest BCUT2D eigenvalue weighted by atomic mass is 35.5. The second-order valence-electron chi connectivity index (χ2n) is 5.21. The molecule has 1 aliphatic heterocycles. The van der Waals surface area contributed by atoms with Crippen LogP contribution in [0.25, 0.3) is 0 Å². The zero-order valence-electron chi connectivity index (χ0n) is 12.1. The van der Waals surface area contributed by atoms with E-state index in [9.17, 15) is 9.18 Å². The van der Waals surface area contributed by atoms with E-state index in [1.54, 1.807) is 6.07 Å². The molecule has 22 heavy (non-hydrogen) atoms. The number of rotatable bonds is 7. The maximum atomic E-state index is 13.7. The van der Waals surface area contributed by atoms with E-state index in [1.165, 1.54) is 12.1 Å². The number of amides is 1. The van der Waals surface area contributed by atoms with E-state index in [4.69, 9.17) is 26.2 Å². The standard InChI is InChI=1S/C15H19ClFNO4/c16-12-2-1-3-13(17)11(12)8-14(20)18-9-15(22-7-5-19)4-6-21-10-15/h1-3,19H,4-10H2,(H,18,20). The van der Waals surface area contributed by atoms with Crippen LogP contribution in [-0.4, -0.2) is 49.6 Å². The fraction of sp³-hybridized carbons (Fsp3) is 0.533. The van der Waals surface area contributed by atoms with Crippen molar-refractivity contribution in [2.45, 2.75) is 18.4 Å². The summed E-state index contributed by atoms with van der Waals surface area (Å²) in [4.78, 5) is 12.0. The number of hydrogen-bond donors (Lipinski definition) is 2. The Morgan fingerprint density at radius 2 is 2.36 bits per heavy atom. The van der Waals surface area contributed by atoms with Gasteiger partial charge in [0.1, 0.15) is 11.4 Å². The monoisotopic (exact) mass is 331 g/mol. The summed E-state index contributed by atoms with van der Waals surface area (Å²) in [6.07, 6.45) is 0.496. The third kappa shape index (κ3) is 4.39. The number of carbonyl (C=O) groups is 1. The van der Waals surface area contributed by atoms with Gasteiger partial charge in [-0.25, -0.2) is 4.39 Å². The number of halogens is 2. The zero-order chi connectivity index (χ0) is 16.0. The van der Waals surface area contributed by atoms with Crippen molar-refractivity contribution in [3.8, 4) is 0 Å². The van der Waals surface area contributed by atoms with Gasteiger partial charge in [0.25, 0.3) is 0 Å². The summed E-state index contributed by atoms with van der Waals surface area (Å²) in [6.45, 7) is 1.23. The summed E-state index contributed by atoms with van der Waals surface area (Å²) in [5, 5.41) is 11.8. The lowest BCUT2D eigenvalue weighted by Crippen LogP contribution is -2.46. The van der Waals surface area contributed by atoms with Gasteiger partial charge in [0, 0.05) is 30.2 Å². The summed E-state index contributed by atoms with van der Waals surface area (Å²) in [5.74, 6) is -0.844. The number of ether oxygens (including phenoxy) is 2. The number of nitrogens with one attached hydrogen (secondary N) is 1. The molecule has 0 aliphatic carbocycles. The van der Waals surface area contributed by atoms with Crippen molar-refractivity contribution in [2.75, 3.05) is 33.0 Å². The second-order valence-corrected chi connectivity index (χ2v) is 5.62. The first-order valence-electron chi connectivity index (χ1n) is 7.08. The topological polar surface area (TPSA) is 67.8 Å². The summed E-state index contributed by atoms with van der Waals surface area (Å²) in [7, 11) is 0. The van der Waals surface area contributed by atoms with Gasteiger partial charge in [-0.15, -0.1) is 0 Å². The van der Waals surface area contributed by atoms with Crippen LogP contribution in [0.2, 0.25) is 5.02 Å². The average Bonchev–Trinajstić information content (AvgIpc) is 2.96. The molecule has 1 amide bonds. The summed E-state index contributed by atoms with van der Waals surface area (Å²) in [6, 6.07) is 4.31. The molecule has 1 atom stereocenters. The van der Waals surface area contributed by atoms with E-state index >= 15 is 0 Å². The summed E-state index contributed by atoms with van der Waals surface area (Å²) < 4.78 is 24.6. The van der Waals surface area contributed by atoms with Crippen LogP contribution in [-0.2, 0) is 20.7 Å². The highest BCUT2D eigenvalue weighted by molar-refractivity contribution is 6.31. The Morgan fingerprint density at radius 1 is 1.55 bits per heavy atom. The Morgan fingerprint density at radius 3 is 3.00 bits per heavy atom. The maximum Gasteiger partial charge on any atom is 0.224 e. The van der Waals surface area contributed by atoms with Gasteiger partial charge < -0.3 is 19.9 Å². The Hall–Kier alpha value is -1.21. The zero-order valence-corrected chi connectivity index (χ0v) is 12.9.